The minimum absolute atomic E-state index is 0. The second kappa shape index (κ2) is 10.5. The number of alkyl halides is 2. The van der Waals surface area contributed by atoms with Crippen molar-refractivity contribution in [3.8, 4) is 0 Å². The molecule has 2 N–H and O–H groups in total. The number of ether oxygens (including phenoxy) is 2. The third kappa shape index (κ3) is 4.28. The van der Waals surface area contributed by atoms with Crippen LogP contribution in [-0.4, -0.2) is 80.8 Å². The summed E-state index contributed by atoms with van der Waals surface area (Å²) in [6.07, 6.45) is -0.724. The molecule has 0 unspecified atom stereocenters. The average Bonchev–Trinajstić information content (AvgIpc) is 3.25. The molecule has 0 aromatic rings. The van der Waals surface area contributed by atoms with Crippen molar-refractivity contribution >= 4 is 29.3 Å². The molecule has 3 saturated carbocycles. The van der Waals surface area contributed by atoms with Crippen LogP contribution in [0.15, 0.2) is 23.8 Å². The zero-order valence-electron chi connectivity index (χ0n) is 23.4. The topological polar surface area (TPSA) is 133 Å². The van der Waals surface area contributed by atoms with Crippen LogP contribution in [0.4, 0.5) is 8.78 Å². The van der Waals surface area contributed by atoms with Gasteiger partial charge in [0.2, 0.25) is 0 Å². The van der Waals surface area contributed by atoms with Crippen molar-refractivity contribution in [1.82, 2.24) is 0 Å². The number of allylic oxidation sites excluding steroid dienone is 4. The number of carbonyl (C=O) groups is 3. The van der Waals surface area contributed by atoms with Crippen molar-refractivity contribution in [3.05, 3.63) is 23.8 Å². The van der Waals surface area contributed by atoms with Crippen LogP contribution < -0.4 is 34.7 Å². The van der Waals surface area contributed by atoms with Crippen LogP contribution in [0.1, 0.15) is 53.4 Å². The molecule has 216 valence electrons. The first kappa shape index (κ1) is 32.3. The first-order chi connectivity index (χ1) is 18.1. The van der Waals surface area contributed by atoms with Gasteiger partial charge in [0.05, 0.1) is 23.9 Å². The minimum atomic E-state index is -2.31. The number of hydrogen-bond acceptors (Lipinski definition) is 9. The van der Waals surface area contributed by atoms with Gasteiger partial charge in [0.1, 0.15) is 6.17 Å². The Morgan fingerprint density at radius 3 is 2.52 bits per heavy atom. The van der Waals surface area contributed by atoms with Crippen molar-refractivity contribution in [2.24, 2.45) is 22.7 Å². The number of aliphatic hydroxyl groups excluding tert-OH is 2. The van der Waals surface area contributed by atoms with Gasteiger partial charge in [-0.2, -0.15) is 0 Å². The van der Waals surface area contributed by atoms with Gasteiger partial charge in [-0.15, -0.1) is 11.8 Å². The summed E-state index contributed by atoms with van der Waals surface area (Å²) in [7, 11) is 0. The Bertz CT molecular complexity index is 1160. The maximum atomic E-state index is 17.4. The van der Waals surface area contributed by atoms with Crippen LogP contribution in [0, 0.1) is 22.7 Å². The number of rotatable bonds is 7. The molecular weight excluding hydrogens is 557 g/mol. The molecular formula is C28H35F2NaO8S. The molecule has 0 amide bonds. The molecule has 1 heterocycles. The molecule has 0 spiro atoms. The first-order valence-corrected chi connectivity index (χ1v) is 14.4. The number of hydrogen-bond donors (Lipinski definition) is 2. The number of fused-ring (bicyclic) bond motifs is 7. The van der Waals surface area contributed by atoms with Gasteiger partial charge in [-0.3, -0.25) is 9.59 Å². The number of halogens is 2. The molecule has 1 aliphatic heterocycles. The van der Waals surface area contributed by atoms with E-state index in [1.807, 2.05) is 0 Å². The number of carboxylic acid groups (broad SMARTS) is 1. The molecule has 5 aliphatic rings. The molecule has 0 bridgehead atoms. The van der Waals surface area contributed by atoms with Crippen molar-refractivity contribution in [2.45, 2.75) is 94.1 Å². The number of aliphatic carboxylic acids is 1. The Hall–Kier alpha value is -0.660. The van der Waals surface area contributed by atoms with Crippen LogP contribution in [0.5, 0.6) is 0 Å². The normalized spacial score (nSPS) is 45.4. The monoisotopic (exact) mass is 592 g/mol. The predicted octanol–water partition coefficient (Wildman–Crippen LogP) is -1.39. The third-order valence-corrected chi connectivity index (χ3v) is 11.4. The summed E-state index contributed by atoms with van der Waals surface area (Å²) in [6.45, 7) is 6.17. The molecule has 5 rings (SSSR count). The van der Waals surface area contributed by atoms with Crippen molar-refractivity contribution in [1.29, 1.82) is 0 Å². The molecule has 8 nitrogen and oxygen atoms in total. The summed E-state index contributed by atoms with van der Waals surface area (Å²) < 4.78 is 45.7. The fourth-order valence-corrected chi connectivity index (χ4v) is 9.45. The number of Topliss-reactive ketones (excluding diaryl/α,β-unsaturated/α-hetero) is 1. The van der Waals surface area contributed by atoms with Gasteiger partial charge in [-0.1, -0.05) is 13.0 Å². The van der Waals surface area contributed by atoms with Gasteiger partial charge in [0, 0.05) is 28.6 Å². The molecule has 10 atom stereocenters. The Kier molecular flexibility index (Phi) is 8.47. The molecule has 4 fully saturated rings. The fraction of sp³-hybridized carbons (Fsp3) is 0.750. The van der Waals surface area contributed by atoms with E-state index in [1.165, 1.54) is 19.1 Å². The number of carbonyl (C=O) groups excluding carboxylic acids is 3. The van der Waals surface area contributed by atoms with Crippen molar-refractivity contribution in [3.63, 3.8) is 0 Å². The second-order valence-electron chi connectivity index (χ2n) is 12.5. The average molecular weight is 593 g/mol. The summed E-state index contributed by atoms with van der Waals surface area (Å²) in [6, 6.07) is 0. The largest absolute Gasteiger partial charge is 1.00 e. The maximum Gasteiger partial charge on any atom is 1.00 e. The Balaban J connectivity index is 0.00000370. The quantitative estimate of drug-likeness (QED) is 0.343. The number of ketones is 2. The van der Waals surface area contributed by atoms with Gasteiger partial charge in [-0.25, -0.2) is 8.78 Å². The number of thioether (sulfide) groups is 1. The van der Waals surface area contributed by atoms with Gasteiger partial charge in [-0.05, 0) is 70.1 Å². The number of carboxylic acids is 1. The third-order valence-electron chi connectivity index (χ3n) is 10.1. The summed E-state index contributed by atoms with van der Waals surface area (Å²) in [4.78, 5) is 37.6. The predicted molar refractivity (Wildman–Crippen MR) is 135 cm³/mol. The summed E-state index contributed by atoms with van der Waals surface area (Å²) in [5.41, 5.74) is -6.64. The summed E-state index contributed by atoms with van der Waals surface area (Å²) >= 11 is 0.817. The zero-order chi connectivity index (χ0) is 28.8. The maximum absolute atomic E-state index is 17.4. The van der Waals surface area contributed by atoms with Crippen molar-refractivity contribution in [2.75, 3.05) is 12.4 Å². The van der Waals surface area contributed by atoms with Gasteiger partial charge in [0.25, 0.3) is 0 Å². The van der Waals surface area contributed by atoms with Crippen LogP contribution in [0.3, 0.4) is 0 Å². The minimum Gasteiger partial charge on any atom is -0.549 e. The summed E-state index contributed by atoms with van der Waals surface area (Å²) in [5, 5.41) is 31.2. The Morgan fingerprint density at radius 1 is 1.23 bits per heavy atom. The SMILES string of the molecule is CC1(C)O[C@@H]2C[C@H]3[C@@H]4C[C@H](F)C5=CC(=O)C=C[C@]5(C)[C@@]4(F)[C@@H](O)C[C@]3(C)[C@]2(C(=O)CS[C@@H](CCO)C(=O)[O-])O1.[Na+]. The number of aliphatic hydroxyl groups is 2. The Labute approximate surface area is 258 Å². The van der Waals surface area contributed by atoms with E-state index in [4.69, 9.17) is 9.47 Å². The van der Waals surface area contributed by atoms with Gasteiger partial charge >= 0.3 is 29.6 Å². The standard InChI is InChI=1S/C28H36F2O8S.Na/c1-24(2)37-22-11-15-16-10-18(29)17-9-14(32)5-7-25(17,3)27(16,30)20(33)12-26(15,4)28(22,38-24)21(34)13-39-19(6-8-31)23(35)36;/h5,7,9,15-16,18-20,22,31,33H,6,8,10-13H2,1-4H3,(H,35,36);/q;+1/p-1/t15-,16-,18-,19-,20-,22+,25-,26-,27-,28+;/m0./s1. The zero-order valence-corrected chi connectivity index (χ0v) is 26.3. The molecule has 1 saturated heterocycles. The van der Waals surface area contributed by atoms with Crippen molar-refractivity contribution < 1.29 is 77.5 Å². The molecule has 40 heavy (non-hydrogen) atoms. The van der Waals surface area contributed by atoms with E-state index >= 15 is 8.78 Å². The molecule has 0 radical (unpaired) electrons. The summed E-state index contributed by atoms with van der Waals surface area (Å²) in [5.74, 6) is -5.39. The second-order valence-corrected chi connectivity index (χ2v) is 13.7. The first-order valence-electron chi connectivity index (χ1n) is 13.4. The van der Waals surface area contributed by atoms with Gasteiger partial charge < -0.3 is 29.6 Å². The van der Waals surface area contributed by atoms with Crippen LogP contribution in [-0.2, 0) is 23.9 Å². The molecule has 4 aliphatic carbocycles. The Morgan fingerprint density at radius 2 is 1.90 bits per heavy atom. The molecule has 12 heteroatoms. The van der Waals surface area contributed by atoms with Crippen LogP contribution in [0.25, 0.3) is 0 Å². The fourth-order valence-electron chi connectivity index (χ4n) is 8.47. The van der Waals surface area contributed by atoms with E-state index in [0.29, 0.717) is 0 Å². The van der Waals surface area contributed by atoms with E-state index in [0.717, 1.165) is 17.8 Å². The molecule has 0 aromatic heterocycles. The van der Waals surface area contributed by atoms with E-state index < -0.39 is 87.5 Å². The smallest absolute Gasteiger partial charge is 0.549 e. The van der Waals surface area contributed by atoms with Crippen LogP contribution >= 0.6 is 11.8 Å². The van der Waals surface area contributed by atoms with E-state index in [9.17, 15) is 29.7 Å². The van der Waals surface area contributed by atoms with E-state index in [2.05, 4.69) is 0 Å². The van der Waals surface area contributed by atoms with Gasteiger partial charge in [0.15, 0.2) is 28.6 Å². The van der Waals surface area contributed by atoms with E-state index in [1.54, 1.807) is 20.8 Å². The van der Waals surface area contributed by atoms with Crippen LogP contribution in [0.2, 0.25) is 0 Å². The molecule has 0 aromatic carbocycles. The van der Waals surface area contributed by atoms with E-state index in [-0.39, 0.29) is 66.6 Å².